The second-order valence-electron chi connectivity index (χ2n) is 7.75. The van der Waals surface area contributed by atoms with Crippen LogP contribution in [0.15, 0.2) is 18.2 Å². The van der Waals surface area contributed by atoms with Crippen molar-refractivity contribution in [2.24, 2.45) is 0 Å². The largest absolute Gasteiger partial charge is 0.453 e. The predicted octanol–water partition coefficient (Wildman–Crippen LogP) is 4.05. The monoisotopic (exact) mass is 407 g/mol. The number of nitrogens with one attached hydrogen (secondary N) is 1. The maximum absolute atomic E-state index is 15.1. The van der Waals surface area contributed by atoms with Crippen LogP contribution in [0.3, 0.4) is 0 Å². The van der Waals surface area contributed by atoms with Gasteiger partial charge in [0, 0.05) is 12.1 Å². The minimum atomic E-state index is -0.591. The molecule has 0 spiro atoms. The number of rotatable bonds is 7. The molecule has 2 aliphatic heterocycles. The maximum Gasteiger partial charge on any atom is 0.414 e. The molecule has 2 aliphatic rings. The summed E-state index contributed by atoms with van der Waals surface area (Å²) in [5.74, 6) is -0.332. The highest BCUT2D eigenvalue weighted by Gasteiger charge is 2.35. The second kappa shape index (κ2) is 9.33. The van der Waals surface area contributed by atoms with E-state index < -0.39 is 18.3 Å². The molecule has 2 heterocycles. The zero-order valence-electron chi connectivity index (χ0n) is 17.3. The van der Waals surface area contributed by atoms with Crippen LogP contribution in [0.5, 0.6) is 0 Å². The number of carbonyl (C=O) groups is 2. The van der Waals surface area contributed by atoms with E-state index in [9.17, 15) is 9.59 Å². The van der Waals surface area contributed by atoms with Crippen LogP contribution in [-0.4, -0.2) is 50.6 Å². The van der Waals surface area contributed by atoms with Gasteiger partial charge in [-0.25, -0.2) is 14.0 Å². The Kier molecular flexibility index (Phi) is 6.82. The molecule has 0 radical (unpaired) electrons. The Morgan fingerprint density at radius 2 is 2.17 bits per heavy atom. The quantitative estimate of drug-likeness (QED) is 0.738. The fraction of sp³-hybridized carbons (Fsp3) is 0.619. The van der Waals surface area contributed by atoms with E-state index in [-0.39, 0.29) is 18.9 Å². The minimum absolute atomic E-state index is 0.139. The third-order valence-electron chi connectivity index (χ3n) is 5.73. The number of benzene rings is 1. The molecule has 1 N–H and O–H groups in total. The summed E-state index contributed by atoms with van der Waals surface area (Å²) in [5.41, 5.74) is 1.05. The van der Waals surface area contributed by atoms with Crippen molar-refractivity contribution in [2.75, 3.05) is 30.0 Å². The highest BCUT2D eigenvalue weighted by atomic mass is 19.1. The van der Waals surface area contributed by atoms with Gasteiger partial charge in [-0.15, -0.1) is 0 Å². The summed E-state index contributed by atoms with van der Waals surface area (Å²) in [7, 11) is 1.26. The summed E-state index contributed by atoms with van der Waals surface area (Å²) >= 11 is 0. The van der Waals surface area contributed by atoms with Gasteiger partial charge in [-0.05, 0) is 44.4 Å². The number of methoxy groups -OCH3 is 1. The topological polar surface area (TPSA) is 71.1 Å². The number of alkyl carbamates (subject to hydrolysis) is 1. The Morgan fingerprint density at radius 1 is 1.38 bits per heavy atom. The van der Waals surface area contributed by atoms with Crippen LogP contribution in [0.2, 0.25) is 0 Å². The molecule has 0 saturated carbocycles. The number of halogens is 1. The first-order valence-corrected chi connectivity index (χ1v) is 10.3. The predicted molar refractivity (Wildman–Crippen MR) is 109 cm³/mol. The van der Waals surface area contributed by atoms with Crippen molar-refractivity contribution >= 4 is 23.6 Å². The molecule has 29 heavy (non-hydrogen) atoms. The molecule has 3 atom stereocenters. The van der Waals surface area contributed by atoms with Gasteiger partial charge in [-0.1, -0.05) is 19.8 Å². The normalized spacial score (nSPS) is 24.0. The zero-order chi connectivity index (χ0) is 21.0. The molecular weight excluding hydrogens is 377 g/mol. The fourth-order valence-electron chi connectivity index (χ4n) is 4.21. The van der Waals surface area contributed by atoms with Gasteiger partial charge in [-0.2, -0.15) is 0 Å². The summed E-state index contributed by atoms with van der Waals surface area (Å²) in [6, 6.07) is 5.57. The first-order valence-electron chi connectivity index (χ1n) is 10.3. The minimum Gasteiger partial charge on any atom is -0.453 e. The number of anilines is 2. The molecule has 160 valence electrons. The lowest BCUT2D eigenvalue weighted by Crippen LogP contribution is -2.35. The van der Waals surface area contributed by atoms with E-state index in [0.717, 1.165) is 32.1 Å². The Balaban J connectivity index is 1.70. The molecule has 7 nitrogen and oxygen atoms in total. The van der Waals surface area contributed by atoms with E-state index in [2.05, 4.69) is 28.8 Å². The number of hydrogen-bond donors (Lipinski definition) is 1. The zero-order valence-corrected chi connectivity index (χ0v) is 17.3. The third kappa shape index (κ3) is 4.74. The van der Waals surface area contributed by atoms with Crippen molar-refractivity contribution in [3.8, 4) is 0 Å². The second-order valence-corrected chi connectivity index (χ2v) is 7.75. The number of hydrogen-bond acceptors (Lipinski definition) is 5. The Labute approximate surface area is 171 Å². The van der Waals surface area contributed by atoms with E-state index in [1.165, 1.54) is 18.1 Å². The van der Waals surface area contributed by atoms with Crippen LogP contribution >= 0.6 is 0 Å². The molecule has 2 saturated heterocycles. The van der Waals surface area contributed by atoms with Gasteiger partial charge < -0.3 is 19.7 Å². The van der Waals surface area contributed by atoms with E-state index in [4.69, 9.17) is 4.74 Å². The number of unbranched alkanes of at least 4 members (excludes halogenated alkanes) is 1. The van der Waals surface area contributed by atoms with E-state index in [1.54, 1.807) is 12.1 Å². The van der Waals surface area contributed by atoms with Crippen molar-refractivity contribution in [3.05, 3.63) is 24.0 Å². The Morgan fingerprint density at radius 3 is 2.86 bits per heavy atom. The SMILES string of the molecule is CCCCC1CCC(C)N1c1ccc(N2C[C@H](CNC(=O)OC)OC2=O)cc1F. The van der Waals surface area contributed by atoms with Crippen LogP contribution in [0.25, 0.3) is 0 Å². The van der Waals surface area contributed by atoms with Crippen molar-refractivity contribution in [1.29, 1.82) is 0 Å². The third-order valence-corrected chi connectivity index (χ3v) is 5.73. The van der Waals surface area contributed by atoms with Gasteiger partial charge in [0.25, 0.3) is 0 Å². The molecule has 1 aromatic carbocycles. The lowest BCUT2D eigenvalue weighted by molar-refractivity contribution is 0.132. The van der Waals surface area contributed by atoms with Crippen LogP contribution in [0.1, 0.15) is 46.0 Å². The summed E-state index contributed by atoms with van der Waals surface area (Å²) in [5, 5.41) is 2.51. The molecule has 0 bridgehead atoms. The van der Waals surface area contributed by atoms with E-state index >= 15 is 4.39 Å². The van der Waals surface area contributed by atoms with Gasteiger partial charge in [-0.3, -0.25) is 4.90 Å². The molecule has 0 aliphatic carbocycles. The van der Waals surface area contributed by atoms with Crippen LogP contribution in [0.4, 0.5) is 25.4 Å². The molecule has 1 aromatic rings. The first kappa shape index (κ1) is 21.2. The van der Waals surface area contributed by atoms with Gasteiger partial charge in [0.1, 0.15) is 11.9 Å². The highest BCUT2D eigenvalue weighted by molar-refractivity contribution is 5.90. The van der Waals surface area contributed by atoms with Crippen molar-refractivity contribution in [3.63, 3.8) is 0 Å². The summed E-state index contributed by atoms with van der Waals surface area (Å²) in [6.45, 7) is 4.68. The van der Waals surface area contributed by atoms with E-state index in [1.807, 2.05) is 0 Å². The van der Waals surface area contributed by atoms with Gasteiger partial charge in [0.15, 0.2) is 0 Å². The van der Waals surface area contributed by atoms with Gasteiger partial charge >= 0.3 is 12.2 Å². The van der Waals surface area contributed by atoms with Gasteiger partial charge in [0.2, 0.25) is 0 Å². The molecule has 2 unspecified atom stereocenters. The van der Waals surface area contributed by atoms with Crippen LogP contribution < -0.4 is 15.1 Å². The molecule has 0 aromatic heterocycles. The van der Waals surface area contributed by atoms with Crippen molar-refractivity contribution in [1.82, 2.24) is 5.32 Å². The maximum atomic E-state index is 15.1. The number of carbonyl (C=O) groups excluding carboxylic acids is 2. The molecule has 2 fully saturated rings. The lowest BCUT2D eigenvalue weighted by Gasteiger charge is -2.31. The lowest BCUT2D eigenvalue weighted by atomic mass is 10.1. The standard InChI is InChI=1S/C21H30FN3O4/c1-4-5-6-15-8-7-14(2)25(15)19-10-9-16(11-18(19)22)24-13-17(29-21(24)27)12-23-20(26)28-3/h9-11,14-15,17H,4-8,12-13H2,1-3H3,(H,23,26)/t14?,15?,17-/m0/s1. The van der Waals surface area contributed by atoms with Crippen LogP contribution in [-0.2, 0) is 9.47 Å². The number of cyclic esters (lactones) is 1. The first-order chi connectivity index (χ1) is 13.9. The summed E-state index contributed by atoms with van der Waals surface area (Å²) in [6.07, 6.45) is 3.81. The van der Waals surface area contributed by atoms with Crippen LogP contribution in [0, 0.1) is 5.82 Å². The Hall–Kier alpha value is -2.51. The molecule has 8 heteroatoms. The smallest absolute Gasteiger partial charge is 0.414 e. The average molecular weight is 407 g/mol. The number of nitrogens with zero attached hydrogens (tertiary/aromatic N) is 2. The van der Waals surface area contributed by atoms with E-state index in [0.29, 0.717) is 23.5 Å². The van der Waals surface area contributed by atoms with Crippen molar-refractivity contribution in [2.45, 2.75) is 64.1 Å². The highest BCUT2D eigenvalue weighted by Crippen LogP contribution is 2.36. The number of amides is 2. The summed E-state index contributed by atoms with van der Waals surface area (Å²) < 4.78 is 24.8. The fourth-order valence-corrected chi connectivity index (χ4v) is 4.21. The van der Waals surface area contributed by atoms with Crippen molar-refractivity contribution < 1.29 is 23.5 Å². The summed E-state index contributed by atoms with van der Waals surface area (Å²) in [4.78, 5) is 27.0. The molecule has 3 rings (SSSR count). The average Bonchev–Trinajstić information content (AvgIpc) is 3.26. The Bertz CT molecular complexity index is 745. The number of ether oxygens (including phenoxy) is 2. The molecular formula is C21H30FN3O4. The van der Waals surface area contributed by atoms with Gasteiger partial charge in [0.05, 0.1) is 31.6 Å². The molecule has 2 amide bonds.